The van der Waals surface area contributed by atoms with Gasteiger partial charge >= 0.3 is 0 Å². The van der Waals surface area contributed by atoms with Crippen molar-refractivity contribution >= 4 is 33.3 Å². The summed E-state index contributed by atoms with van der Waals surface area (Å²) in [4.78, 5) is 12.3. The van der Waals surface area contributed by atoms with Crippen LogP contribution in [0.4, 0.5) is 0 Å². The fraction of sp³-hybridized carbons (Fsp3) is 0.188. The van der Waals surface area contributed by atoms with Crippen LogP contribution in [0.1, 0.15) is 17.3 Å². The second-order valence-electron chi connectivity index (χ2n) is 4.22. The molecule has 5 heteroatoms. The lowest BCUT2D eigenvalue weighted by Crippen LogP contribution is -2.13. The lowest BCUT2D eigenvalue weighted by atomic mass is 10.1. The van der Waals surface area contributed by atoms with E-state index in [-0.39, 0.29) is 12.4 Å². The fourth-order valence-electron chi connectivity index (χ4n) is 1.79. The maximum absolute atomic E-state index is 12.3. The average molecular weight is 370 g/mol. The quantitative estimate of drug-likeness (QED) is 0.689. The van der Waals surface area contributed by atoms with E-state index in [1.807, 2.05) is 13.0 Å². The number of para-hydroxylation sites is 1. The summed E-state index contributed by atoms with van der Waals surface area (Å²) in [7, 11) is 0. The minimum absolute atomic E-state index is 0.0970. The monoisotopic (exact) mass is 368 g/mol. The SMILES string of the molecule is CCOc1ccccc1C(=O)COc1cc(Br)ccc1Cl. The van der Waals surface area contributed by atoms with Crippen molar-refractivity contribution in [2.75, 3.05) is 13.2 Å². The molecular formula is C16H14BrClO3. The van der Waals surface area contributed by atoms with E-state index in [2.05, 4.69) is 15.9 Å². The highest BCUT2D eigenvalue weighted by molar-refractivity contribution is 9.10. The Kier molecular flexibility index (Phi) is 5.65. The van der Waals surface area contributed by atoms with Crippen LogP contribution in [0.25, 0.3) is 0 Å². The van der Waals surface area contributed by atoms with E-state index in [0.717, 1.165) is 4.47 Å². The molecule has 0 unspecified atom stereocenters. The van der Waals surface area contributed by atoms with Crippen LogP contribution in [0, 0.1) is 0 Å². The van der Waals surface area contributed by atoms with Gasteiger partial charge in [-0.3, -0.25) is 4.79 Å². The molecule has 0 amide bonds. The van der Waals surface area contributed by atoms with Crippen molar-refractivity contribution in [1.29, 1.82) is 0 Å². The second kappa shape index (κ2) is 7.48. The molecule has 21 heavy (non-hydrogen) atoms. The van der Waals surface area contributed by atoms with Crippen molar-refractivity contribution < 1.29 is 14.3 Å². The Morgan fingerprint density at radius 2 is 1.90 bits per heavy atom. The minimum atomic E-state index is -0.157. The standard InChI is InChI=1S/C16H14BrClO3/c1-2-20-15-6-4-3-5-12(15)14(19)10-21-16-9-11(17)7-8-13(16)18/h3-9H,2,10H2,1H3. The molecule has 0 atom stereocenters. The normalized spacial score (nSPS) is 10.2. The smallest absolute Gasteiger partial charge is 0.203 e. The van der Waals surface area contributed by atoms with E-state index >= 15 is 0 Å². The molecule has 110 valence electrons. The van der Waals surface area contributed by atoms with Gasteiger partial charge in [-0.05, 0) is 37.3 Å². The molecule has 0 spiro atoms. The molecule has 0 aliphatic heterocycles. The van der Waals surface area contributed by atoms with Crippen LogP contribution in [0.3, 0.4) is 0 Å². The summed E-state index contributed by atoms with van der Waals surface area (Å²) >= 11 is 9.36. The molecule has 0 N–H and O–H groups in total. The largest absolute Gasteiger partial charge is 0.493 e. The minimum Gasteiger partial charge on any atom is -0.493 e. The predicted octanol–water partition coefficient (Wildman–Crippen LogP) is 4.76. The van der Waals surface area contributed by atoms with E-state index in [1.165, 1.54) is 0 Å². The van der Waals surface area contributed by atoms with Gasteiger partial charge in [-0.25, -0.2) is 0 Å². The molecule has 3 nitrogen and oxygen atoms in total. The number of carbonyl (C=O) groups excluding carboxylic acids is 1. The molecule has 0 fully saturated rings. The van der Waals surface area contributed by atoms with Gasteiger partial charge in [0, 0.05) is 4.47 Å². The van der Waals surface area contributed by atoms with Crippen LogP contribution < -0.4 is 9.47 Å². The lowest BCUT2D eigenvalue weighted by Gasteiger charge is -2.11. The zero-order valence-corrected chi connectivity index (χ0v) is 13.8. The van der Waals surface area contributed by atoms with Gasteiger partial charge in [0.2, 0.25) is 5.78 Å². The Morgan fingerprint density at radius 3 is 2.67 bits per heavy atom. The summed E-state index contributed by atoms with van der Waals surface area (Å²) < 4.78 is 11.8. The highest BCUT2D eigenvalue weighted by Crippen LogP contribution is 2.28. The third-order valence-electron chi connectivity index (χ3n) is 2.74. The van der Waals surface area contributed by atoms with Crippen molar-refractivity contribution in [3.63, 3.8) is 0 Å². The highest BCUT2D eigenvalue weighted by Gasteiger charge is 2.13. The third-order valence-corrected chi connectivity index (χ3v) is 3.54. The molecule has 2 aromatic carbocycles. The first-order valence-corrected chi connectivity index (χ1v) is 7.61. The Hall–Kier alpha value is -1.52. The summed E-state index contributed by atoms with van der Waals surface area (Å²) in [5.41, 5.74) is 0.505. The average Bonchev–Trinajstić information content (AvgIpc) is 2.49. The number of rotatable bonds is 6. The number of carbonyl (C=O) groups is 1. The molecule has 2 aromatic rings. The van der Waals surface area contributed by atoms with Crippen LogP contribution >= 0.6 is 27.5 Å². The molecule has 0 aliphatic rings. The zero-order chi connectivity index (χ0) is 15.2. The first-order valence-electron chi connectivity index (χ1n) is 6.44. The van der Waals surface area contributed by atoms with Gasteiger partial charge in [0.25, 0.3) is 0 Å². The molecule has 0 heterocycles. The molecule has 0 aliphatic carbocycles. The van der Waals surface area contributed by atoms with E-state index in [4.69, 9.17) is 21.1 Å². The second-order valence-corrected chi connectivity index (χ2v) is 5.54. The Labute approximate surface area is 137 Å². The van der Waals surface area contributed by atoms with Gasteiger partial charge in [0.05, 0.1) is 17.2 Å². The number of hydrogen-bond acceptors (Lipinski definition) is 3. The van der Waals surface area contributed by atoms with E-state index in [9.17, 15) is 4.79 Å². The third kappa shape index (κ3) is 4.22. The fourth-order valence-corrected chi connectivity index (χ4v) is 2.30. The van der Waals surface area contributed by atoms with Gasteiger partial charge in [-0.1, -0.05) is 39.7 Å². The Balaban J connectivity index is 2.10. The Bertz CT molecular complexity index is 643. The van der Waals surface area contributed by atoms with Gasteiger partial charge in [-0.2, -0.15) is 0 Å². The van der Waals surface area contributed by atoms with E-state index in [0.29, 0.717) is 28.7 Å². The number of hydrogen-bond donors (Lipinski definition) is 0. The number of halogens is 2. The van der Waals surface area contributed by atoms with Crippen LogP contribution in [0.2, 0.25) is 5.02 Å². The van der Waals surface area contributed by atoms with Crippen LogP contribution in [0.15, 0.2) is 46.9 Å². The number of ether oxygens (including phenoxy) is 2. The summed E-state index contributed by atoms with van der Waals surface area (Å²) in [5, 5.41) is 0.462. The van der Waals surface area contributed by atoms with Crippen molar-refractivity contribution in [2.45, 2.75) is 6.92 Å². The summed E-state index contributed by atoms with van der Waals surface area (Å²) in [5.74, 6) is 0.873. The van der Waals surface area contributed by atoms with E-state index < -0.39 is 0 Å². The van der Waals surface area contributed by atoms with Gasteiger partial charge in [0.1, 0.15) is 11.5 Å². The molecular weight excluding hydrogens is 356 g/mol. The number of Topliss-reactive ketones (excluding diaryl/α,β-unsaturated/α-hetero) is 1. The van der Waals surface area contributed by atoms with Crippen LogP contribution in [-0.2, 0) is 0 Å². The van der Waals surface area contributed by atoms with Crippen LogP contribution in [-0.4, -0.2) is 19.0 Å². The maximum atomic E-state index is 12.3. The molecule has 0 aromatic heterocycles. The van der Waals surface area contributed by atoms with Crippen molar-refractivity contribution in [1.82, 2.24) is 0 Å². The summed E-state index contributed by atoms with van der Waals surface area (Å²) in [6.45, 7) is 2.28. The van der Waals surface area contributed by atoms with E-state index in [1.54, 1.807) is 36.4 Å². The van der Waals surface area contributed by atoms with Gasteiger partial charge < -0.3 is 9.47 Å². The van der Waals surface area contributed by atoms with Crippen molar-refractivity contribution in [3.8, 4) is 11.5 Å². The topological polar surface area (TPSA) is 35.5 Å². The van der Waals surface area contributed by atoms with Crippen LogP contribution in [0.5, 0.6) is 11.5 Å². The zero-order valence-electron chi connectivity index (χ0n) is 11.4. The maximum Gasteiger partial charge on any atom is 0.203 e. The predicted molar refractivity (Wildman–Crippen MR) is 86.6 cm³/mol. The molecule has 0 saturated carbocycles. The molecule has 0 radical (unpaired) electrons. The first kappa shape index (κ1) is 15.9. The first-order chi connectivity index (χ1) is 10.1. The molecule has 0 bridgehead atoms. The summed E-state index contributed by atoms with van der Waals surface area (Å²) in [6, 6.07) is 12.3. The Morgan fingerprint density at radius 1 is 1.14 bits per heavy atom. The summed E-state index contributed by atoms with van der Waals surface area (Å²) in [6.07, 6.45) is 0. The molecule has 0 saturated heterocycles. The van der Waals surface area contributed by atoms with Crippen molar-refractivity contribution in [3.05, 3.63) is 57.5 Å². The lowest BCUT2D eigenvalue weighted by molar-refractivity contribution is 0.0918. The van der Waals surface area contributed by atoms with Gasteiger partial charge in [-0.15, -0.1) is 0 Å². The number of ketones is 1. The van der Waals surface area contributed by atoms with Gasteiger partial charge in [0.15, 0.2) is 6.61 Å². The molecule has 2 rings (SSSR count). The number of benzene rings is 2. The van der Waals surface area contributed by atoms with Crippen molar-refractivity contribution in [2.24, 2.45) is 0 Å². The highest BCUT2D eigenvalue weighted by atomic mass is 79.9.